The van der Waals surface area contributed by atoms with Crippen LogP contribution in [0.15, 0.2) is 36.4 Å². The number of amides is 1. The molecule has 4 rings (SSSR count). The van der Waals surface area contributed by atoms with E-state index in [1.54, 1.807) is 6.07 Å². The van der Waals surface area contributed by atoms with Gasteiger partial charge >= 0.3 is 0 Å². The number of rotatable bonds is 4. The predicted molar refractivity (Wildman–Crippen MR) is 109 cm³/mol. The number of nitrogens with zero attached hydrogens (tertiary/aromatic N) is 3. The van der Waals surface area contributed by atoms with Gasteiger partial charge < -0.3 is 14.6 Å². The van der Waals surface area contributed by atoms with Crippen LogP contribution >= 0.6 is 0 Å². The van der Waals surface area contributed by atoms with E-state index in [1.807, 2.05) is 25.1 Å². The van der Waals surface area contributed by atoms with Gasteiger partial charge in [0.2, 0.25) is 0 Å². The summed E-state index contributed by atoms with van der Waals surface area (Å²) in [6.45, 7) is 2.79. The van der Waals surface area contributed by atoms with E-state index in [4.69, 9.17) is 4.74 Å². The van der Waals surface area contributed by atoms with Crippen molar-refractivity contribution in [1.29, 1.82) is 0 Å². The molecular weight excluding hydrogens is 371 g/mol. The van der Waals surface area contributed by atoms with E-state index in [1.165, 1.54) is 25.7 Å². The molecule has 0 radical (unpaired) electrons. The zero-order valence-electron chi connectivity index (χ0n) is 16.5. The maximum absolute atomic E-state index is 14.3. The van der Waals surface area contributed by atoms with Crippen LogP contribution in [0, 0.1) is 12.7 Å². The molecule has 0 spiro atoms. The Bertz CT molecular complexity index is 1060. The minimum Gasteiger partial charge on any atom is -0.497 e. The van der Waals surface area contributed by atoms with E-state index in [9.17, 15) is 9.18 Å². The minimum atomic E-state index is -0.626. The van der Waals surface area contributed by atoms with Gasteiger partial charge in [-0.15, -0.1) is 10.2 Å². The molecule has 1 N–H and O–H groups in total. The first kappa shape index (κ1) is 19.1. The Labute approximate surface area is 168 Å². The van der Waals surface area contributed by atoms with Crippen molar-refractivity contribution in [2.75, 3.05) is 12.4 Å². The van der Waals surface area contributed by atoms with Gasteiger partial charge in [0.05, 0.1) is 12.7 Å². The van der Waals surface area contributed by atoms with Gasteiger partial charge in [0, 0.05) is 30.3 Å². The fourth-order valence-corrected chi connectivity index (χ4v) is 3.59. The maximum Gasteiger partial charge on any atom is 0.258 e. The minimum absolute atomic E-state index is 0.0352. The number of hydrogen-bond acceptors (Lipinski definition) is 4. The molecule has 0 saturated heterocycles. The van der Waals surface area contributed by atoms with Crippen molar-refractivity contribution in [3.05, 3.63) is 59.2 Å². The lowest BCUT2D eigenvalue weighted by atomic mass is 10.1. The summed E-state index contributed by atoms with van der Waals surface area (Å²) >= 11 is 0. The average Bonchev–Trinajstić information content (AvgIpc) is 2.97. The van der Waals surface area contributed by atoms with Crippen molar-refractivity contribution in [3.8, 4) is 17.1 Å². The van der Waals surface area contributed by atoms with Crippen LogP contribution in [0.25, 0.3) is 11.4 Å². The summed E-state index contributed by atoms with van der Waals surface area (Å²) in [4.78, 5) is 12.6. The molecule has 2 aromatic carbocycles. The Morgan fingerprint density at radius 1 is 1.14 bits per heavy atom. The third kappa shape index (κ3) is 3.85. The third-order valence-corrected chi connectivity index (χ3v) is 5.27. The third-order valence-electron chi connectivity index (χ3n) is 5.27. The first-order valence-corrected chi connectivity index (χ1v) is 9.75. The highest BCUT2D eigenvalue weighted by Gasteiger charge is 2.18. The largest absolute Gasteiger partial charge is 0.497 e. The summed E-state index contributed by atoms with van der Waals surface area (Å²) in [6.07, 6.45) is 4.34. The van der Waals surface area contributed by atoms with E-state index >= 15 is 0 Å². The summed E-state index contributed by atoms with van der Waals surface area (Å²) in [5.74, 6) is 1.03. The number of carbonyl (C=O) groups is 1. The van der Waals surface area contributed by atoms with Crippen LogP contribution in [-0.2, 0) is 13.0 Å². The topological polar surface area (TPSA) is 69.0 Å². The first-order valence-electron chi connectivity index (χ1n) is 9.75. The van der Waals surface area contributed by atoms with Gasteiger partial charge in [-0.05, 0) is 43.5 Å². The fraction of sp³-hybridized carbons (Fsp3) is 0.318. The molecule has 7 heteroatoms. The van der Waals surface area contributed by atoms with Gasteiger partial charge in [0.1, 0.15) is 17.4 Å². The highest BCUT2D eigenvalue weighted by molar-refractivity contribution is 6.05. The molecule has 0 atom stereocenters. The van der Waals surface area contributed by atoms with E-state index in [-0.39, 0.29) is 5.56 Å². The summed E-state index contributed by atoms with van der Waals surface area (Å²) < 4.78 is 21.4. The van der Waals surface area contributed by atoms with Gasteiger partial charge in [-0.1, -0.05) is 18.6 Å². The lowest BCUT2D eigenvalue weighted by molar-refractivity contribution is 0.102. The van der Waals surface area contributed by atoms with E-state index in [0.717, 1.165) is 48.6 Å². The monoisotopic (exact) mass is 394 g/mol. The van der Waals surface area contributed by atoms with Crippen LogP contribution in [0.1, 0.15) is 41.0 Å². The normalized spacial score (nSPS) is 13.5. The highest BCUT2D eigenvalue weighted by atomic mass is 19.1. The number of hydrogen-bond donors (Lipinski definition) is 1. The second kappa shape index (κ2) is 8.03. The molecule has 1 amide bonds. The summed E-state index contributed by atoms with van der Waals surface area (Å²) in [7, 11) is 1.45. The van der Waals surface area contributed by atoms with Gasteiger partial charge in [-0.3, -0.25) is 4.79 Å². The molecule has 0 unspecified atom stereocenters. The number of anilines is 1. The number of aryl methyl sites for hydroxylation is 2. The Morgan fingerprint density at radius 2 is 2.00 bits per heavy atom. The van der Waals surface area contributed by atoms with Crippen molar-refractivity contribution < 1.29 is 13.9 Å². The molecule has 0 fully saturated rings. The van der Waals surface area contributed by atoms with Gasteiger partial charge in [0.15, 0.2) is 5.82 Å². The molecule has 150 valence electrons. The van der Waals surface area contributed by atoms with Crippen LogP contribution in [0.5, 0.6) is 5.75 Å². The Morgan fingerprint density at radius 3 is 2.79 bits per heavy atom. The van der Waals surface area contributed by atoms with Crippen molar-refractivity contribution in [3.63, 3.8) is 0 Å². The van der Waals surface area contributed by atoms with Crippen LogP contribution in [0.3, 0.4) is 0 Å². The van der Waals surface area contributed by atoms with E-state index in [0.29, 0.717) is 11.4 Å². The van der Waals surface area contributed by atoms with Crippen molar-refractivity contribution in [1.82, 2.24) is 14.8 Å². The number of methoxy groups -OCH3 is 1. The van der Waals surface area contributed by atoms with Crippen LogP contribution < -0.4 is 10.1 Å². The van der Waals surface area contributed by atoms with Crippen molar-refractivity contribution >= 4 is 11.6 Å². The predicted octanol–water partition coefficient (Wildman–Crippen LogP) is 4.38. The molecule has 1 aromatic heterocycles. The zero-order chi connectivity index (χ0) is 20.4. The molecule has 29 heavy (non-hydrogen) atoms. The number of benzene rings is 2. The Balaban J connectivity index is 1.63. The average molecular weight is 394 g/mol. The SMILES string of the molecule is COc1ccc(C(=O)Nc2cc(-c3nnc4n3CCCCC4)ccc2C)c(F)c1. The Hall–Kier alpha value is -3.22. The molecule has 6 nitrogen and oxygen atoms in total. The lowest BCUT2D eigenvalue weighted by Crippen LogP contribution is -2.14. The molecule has 0 aliphatic carbocycles. The van der Waals surface area contributed by atoms with E-state index in [2.05, 4.69) is 20.1 Å². The van der Waals surface area contributed by atoms with E-state index < -0.39 is 11.7 Å². The molecular formula is C22H23FN4O2. The summed E-state index contributed by atoms with van der Waals surface area (Å²) in [6, 6.07) is 9.95. The van der Waals surface area contributed by atoms with Gasteiger partial charge in [0.25, 0.3) is 5.91 Å². The zero-order valence-corrected chi connectivity index (χ0v) is 16.5. The van der Waals surface area contributed by atoms with Gasteiger partial charge in [-0.25, -0.2) is 4.39 Å². The second-order valence-corrected chi connectivity index (χ2v) is 7.23. The molecule has 2 heterocycles. The number of aromatic nitrogens is 3. The molecule has 1 aliphatic heterocycles. The lowest BCUT2D eigenvalue weighted by Gasteiger charge is -2.12. The van der Waals surface area contributed by atoms with Crippen molar-refractivity contribution in [2.45, 2.75) is 39.2 Å². The van der Waals surface area contributed by atoms with Gasteiger partial charge in [-0.2, -0.15) is 0 Å². The molecule has 1 aliphatic rings. The number of halogens is 1. The smallest absolute Gasteiger partial charge is 0.258 e. The van der Waals surface area contributed by atoms with Crippen LogP contribution in [0.4, 0.5) is 10.1 Å². The number of fused-ring (bicyclic) bond motifs is 1. The standard InChI is InChI=1S/C22H23FN4O2/c1-14-7-8-15(21-26-25-20-6-4-3-5-11-27(20)21)12-19(14)24-22(28)17-10-9-16(29-2)13-18(17)23/h7-10,12-13H,3-6,11H2,1-2H3,(H,24,28). The van der Waals surface area contributed by atoms with Crippen molar-refractivity contribution in [2.24, 2.45) is 0 Å². The first-order chi connectivity index (χ1) is 14.1. The number of nitrogens with one attached hydrogen (secondary N) is 1. The molecule has 0 bridgehead atoms. The quantitative estimate of drug-likeness (QED) is 0.713. The second-order valence-electron chi connectivity index (χ2n) is 7.23. The summed E-state index contributed by atoms with van der Waals surface area (Å²) in [5.41, 5.74) is 2.34. The Kier molecular flexibility index (Phi) is 5.29. The molecule has 3 aromatic rings. The molecule has 0 saturated carbocycles. The van der Waals surface area contributed by atoms with Crippen LogP contribution in [-0.4, -0.2) is 27.8 Å². The maximum atomic E-state index is 14.3. The number of ether oxygens (including phenoxy) is 1. The number of carbonyl (C=O) groups excluding carboxylic acids is 1. The highest BCUT2D eigenvalue weighted by Crippen LogP contribution is 2.27. The van der Waals surface area contributed by atoms with Crippen LogP contribution in [0.2, 0.25) is 0 Å². The summed E-state index contributed by atoms with van der Waals surface area (Å²) in [5, 5.41) is 11.5. The fourth-order valence-electron chi connectivity index (χ4n) is 3.59.